The van der Waals surface area contributed by atoms with Crippen molar-refractivity contribution in [2.45, 2.75) is 153 Å². The molecule has 304 valence electrons. The number of carbonyl (C=O) groups excluding carboxylic acids is 3. The highest BCUT2D eigenvalue weighted by atomic mass is 16.5. The molecule has 0 spiro atoms. The second kappa shape index (κ2) is 26.7. The first-order chi connectivity index (χ1) is 26.7. The summed E-state index contributed by atoms with van der Waals surface area (Å²) in [6, 6.07) is 20.2. The number of unbranched alkanes of at least 4 members (excludes halogenated alkanes) is 6. The number of carboxylic acids is 1. The summed E-state index contributed by atoms with van der Waals surface area (Å²) in [5.74, 6) is -0.469. The van der Waals surface area contributed by atoms with Crippen LogP contribution in [-0.2, 0) is 36.8 Å². The first-order valence-corrected chi connectivity index (χ1v) is 20.7. The van der Waals surface area contributed by atoms with E-state index in [1.165, 1.54) is 7.11 Å². The molecule has 10 nitrogen and oxygen atoms in total. The molecular formula is C45H66N2O8. The van der Waals surface area contributed by atoms with Crippen LogP contribution < -0.4 is 0 Å². The molecule has 4 rings (SSSR count). The van der Waals surface area contributed by atoms with Gasteiger partial charge in [-0.25, -0.2) is 0 Å². The van der Waals surface area contributed by atoms with Crippen molar-refractivity contribution in [2.75, 3.05) is 20.2 Å². The van der Waals surface area contributed by atoms with E-state index in [9.17, 15) is 29.4 Å². The molecule has 0 bridgehead atoms. The first-order valence-electron chi connectivity index (χ1n) is 20.7. The van der Waals surface area contributed by atoms with Gasteiger partial charge < -0.3 is 29.9 Å². The van der Waals surface area contributed by atoms with Gasteiger partial charge in [0.1, 0.15) is 0 Å². The lowest BCUT2D eigenvalue weighted by atomic mass is 9.94. The van der Waals surface area contributed by atoms with Gasteiger partial charge in [-0.3, -0.25) is 19.2 Å². The second-order valence-corrected chi connectivity index (χ2v) is 15.0. The summed E-state index contributed by atoms with van der Waals surface area (Å²) < 4.78 is 4.65. The number of aliphatic hydroxyl groups excluding tert-OH is 2. The number of carbonyl (C=O) groups is 4. The molecule has 2 heterocycles. The Labute approximate surface area is 328 Å². The zero-order valence-electron chi connectivity index (χ0n) is 33.1. The van der Waals surface area contributed by atoms with E-state index in [1.807, 2.05) is 82.6 Å². The Morgan fingerprint density at radius 3 is 1.91 bits per heavy atom. The molecule has 3 N–H and O–H groups in total. The Morgan fingerprint density at radius 2 is 1.29 bits per heavy atom. The number of esters is 1. The van der Waals surface area contributed by atoms with Gasteiger partial charge in [0.15, 0.2) is 0 Å². The molecule has 2 amide bonds. The zero-order valence-corrected chi connectivity index (χ0v) is 33.1. The monoisotopic (exact) mass is 762 g/mol. The first kappa shape index (κ1) is 45.4. The Balaban J connectivity index is 0.000000296. The Bertz CT molecular complexity index is 1420. The highest BCUT2D eigenvalue weighted by Crippen LogP contribution is 2.24. The Kier molecular flexibility index (Phi) is 22.0. The summed E-state index contributed by atoms with van der Waals surface area (Å²) in [5, 5.41) is 29.3. The van der Waals surface area contributed by atoms with Crippen LogP contribution in [0.1, 0.15) is 127 Å². The topological polar surface area (TPSA) is 145 Å². The molecule has 2 saturated heterocycles. The van der Waals surface area contributed by atoms with Crippen molar-refractivity contribution >= 4 is 23.8 Å². The van der Waals surface area contributed by atoms with E-state index >= 15 is 0 Å². The van der Waals surface area contributed by atoms with Crippen LogP contribution in [0.5, 0.6) is 0 Å². The molecule has 2 aliphatic rings. The summed E-state index contributed by atoms with van der Waals surface area (Å²) in [7, 11) is 1.42. The third-order valence-corrected chi connectivity index (χ3v) is 10.6. The Hall–Kier alpha value is -4.02. The molecule has 0 saturated carbocycles. The number of benzene rings is 2. The molecule has 4 unspecified atom stereocenters. The molecule has 10 heteroatoms. The van der Waals surface area contributed by atoms with Gasteiger partial charge in [0.2, 0.25) is 11.8 Å². The van der Waals surface area contributed by atoms with Crippen LogP contribution in [0.3, 0.4) is 0 Å². The van der Waals surface area contributed by atoms with Crippen molar-refractivity contribution in [1.82, 2.24) is 9.80 Å². The number of rotatable bonds is 23. The van der Waals surface area contributed by atoms with Crippen molar-refractivity contribution in [1.29, 1.82) is 0 Å². The van der Waals surface area contributed by atoms with Crippen LogP contribution in [0.2, 0.25) is 0 Å². The van der Waals surface area contributed by atoms with Crippen molar-refractivity contribution in [3.05, 3.63) is 83.9 Å². The maximum absolute atomic E-state index is 12.4. The number of methoxy groups -OCH3 is 1. The number of nitrogens with zero attached hydrogens (tertiary/aromatic N) is 2. The number of ether oxygens (including phenoxy) is 1. The summed E-state index contributed by atoms with van der Waals surface area (Å²) in [6.07, 6.45) is 18.6. The number of hydrogen-bond donors (Lipinski definition) is 3. The summed E-state index contributed by atoms with van der Waals surface area (Å²) >= 11 is 0. The molecule has 4 atom stereocenters. The van der Waals surface area contributed by atoms with E-state index in [0.29, 0.717) is 45.1 Å². The predicted molar refractivity (Wildman–Crippen MR) is 215 cm³/mol. The van der Waals surface area contributed by atoms with E-state index in [-0.39, 0.29) is 42.4 Å². The van der Waals surface area contributed by atoms with E-state index in [2.05, 4.69) is 4.74 Å². The molecule has 0 aromatic heterocycles. The average Bonchev–Trinajstić information content (AvgIpc) is 3.18. The van der Waals surface area contributed by atoms with Gasteiger partial charge >= 0.3 is 11.9 Å². The van der Waals surface area contributed by atoms with Crippen LogP contribution in [-0.4, -0.2) is 93.4 Å². The zero-order chi connectivity index (χ0) is 39.7. The molecule has 0 radical (unpaired) electrons. The van der Waals surface area contributed by atoms with Gasteiger partial charge in [-0.05, 0) is 81.8 Å². The van der Waals surface area contributed by atoms with E-state index < -0.39 is 12.1 Å². The molecule has 2 aromatic rings. The lowest BCUT2D eigenvalue weighted by Gasteiger charge is -2.36. The van der Waals surface area contributed by atoms with Crippen LogP contribution in [0.25, 0.3) is 0 Å². The summed E-state index contributed by atoms with van der Waals surface area (Å²) in [6.45, 7) is 1.49. The fourth-order valence-electron chi connectivity index (χ4n) is 7.51. The maximum atomic E-state index is 12.4. The largest absolute Gasteiger partial charge is 0.481 e. The van der Waals surface area contributed by atoms with Gasteiger partial charge in [-0.15, -0.1) is 0 Å². The van der Waals surface area contributed by atoms with Crippen LogP contribution in [0, 0.1) is 0 Å². The number of aliphatic carboxylic acids is 1. The lowest BCUT2D eigenvalue weighted by Crippen LogP contribution is -2.44. The lowest BCUT2D eigenvalue weighted by molar-refractivity contribution is -0.141. The van der Waals surface area contributed by atoms with Gasteiger partial charge in [-0.1, -0.05) is 98.5 Å². The van der Waals surface area contributed by atoms with E-state index in [0.717, 1.165) is 101 Å². The summed E-state index contributed by atoms with van der Waals surface area (Å²) in [5.41, 5.74) is 2.24. The molecule has 2 fully saturated rings. The number of hydrogen-bond acceptors (Lipinski definition) is 7. The molecule has 55 heavy (non-hydrogen) atoms. The van der Waals surface area contributed by atoms with Crippen molar-refractivity contribution in [2.24, 2.45) is 0 Å². The third kappa shape index (κ3) is 18.9. The second-order valence-electron chi connectivity index (χ2n) is 15.0. The van der Waals surface area contributed by atoms with Gasteiger partial charge in [0.05, 0.1) is 25.4 Å². The molecule has 2 aliphatic heterocycles. The number of piperidine rings is 2. The predicted octanol–water partition coefficient (Wildman–Crippen LogP) is 7.44. The highest BCUT2D eigenvalue weighted by molar-refractivity contribution is 5.78. The number of aliphatic hydroxyl groups is 2. The fraction of sp³-hybridized carbons (Fsp3) is 0.600. The third-order valence-electron chi connectivity index (χ3n) is 10.6. The molecule has 2 aromatic carbocycles. The number of amides is 2. The fourth-order valence-corrected chi connectivity index (χ4v) is 7.51. The normalized spacial score (nSPS) is 18.5. The van der Waals surface area contributed by atoms with Gasteiger partial charge in [0.25, 0.3) is 0 Å². The van der Waals surface area contributed by atoms with Crippen LogP contribution in [0.4, 0.5) is 0 Å². The maximum Gasteiger partial charge on any atom is 0.305 e. The molecule has 0 aliphatic carbocycles. The minimum absolute atomic E-state index is 0.0516. The van der Waals surface area contributed by atoms with Crippen LogP contribution in [0.15, 0.2) is 72.8 Å². The highest BCUT2D eigenvalue weighted by Gasteiger charge is 2.28. The van der Waals surface area contributed by atoms with Crippen molar-refractivity contribution < 1.29 is 39.2 Å². The van der Waals surface area contributed by atoms with Gasteiger partial charge in [-0.2, -0.15) is 0 Å². The van der Waals surface area contributed by atoms with Gasteiger partial charge in [0, 0.05) is 51.2 Å². The number of carboxylic acid groups (broad SMARTS) is 1. The standard InChI is InChI=1S/C23H35NO4.C22H31NO4/c1-28-23(27)14-7-2-3-8-17-24-20(12-9-13-22(24)26)15-16-21(25)18-19-10-5-4-6-11-19;24-20(17-18-9-4-3-5-10-18)15-14-19-11-8-12-21(25)23(19)16-7-2-1-6-13-22(26)27/h4-6,10-11,20-21,25H,2-3,7-9,12-18H2,1H3;3-5,9-10,14-15,19-20,24H,1-2,6-8,11-13,16-17H2,(H,26,27)/b;15-14+. The molecular weight excluding hydrogens is 697 g/mol. The SMILES string of the molecule is COC(=O)CCCCCCN1C(=O)CCCC1CCC(O)Cc1ccccc1.O=C(O)CCCCCCN1C(=O)CCCC1/C=C/C(O)Cc1ccccc1. The van der Waals surface area contributed by atoms with Crippen LogP contribution >= 0.6 is 0 Å². The quantitative estimate of drug-likeness (QED) is 0.0602. The van der Waals surface area contributed by atoms with E-state index in [4.69, 9.17) is 5.11 Å². The number of likely N-dealkylation sites (tertiary alicyclic amines) is 2. The average molecular weight is 763 g/mol. The van der Waals surface area contributed by atoms with Crippen molar-refractivity contribution in [3.63, 3.8) is 0 Å². The minimum Gasteiger partial charge on any atom is -0.481 e. The Morgan fingerprint density at radius 1 is 0.745 bits per heavy atom. The van der Waals surface area contributed by atoms with Crippen molar-refractivity contribution in [3.8, 4) is 0 Å². The van der Waals surface area contributed by atoms with E-state index in [1.54, 1.807) is 0 Å². The minimum atomic E-state index is -0.750. The summed E-state index contributed by atoms with van der Waals surface area (Å²) in [4.78, 5) is 50.3. The smallest absolute Gasteiger partial charge is 0.305 e.